The number of anilines is 1. The Morgan fingerprint density at radius 1 is 1.07 bits per heavy atom. The number of carbonyl (C=O) groups is 3. The van der Waals surface area contributed by atoms with Crippen LogP contribution in [0.25, 0.3) is 0 Å². The molecule has 7 heteroatoms. The zero-order valence-electron chi connectivity index (χ0n) is 17.0. The van der Waals surface area contributed by atoms with E-state index in [2.05, 4.69) is 10.2 Å². The SMILES string of the molecule is NC(=O)c1c(NC(=O)CN2CCC(C(=O)c3ccccc3)CC2)sc2c1CCCC2. The summed E-state index contributed by atoms with van der Waals surface area (Å²) in [6.45, 7) is 1.67. The number of nitrogens with zero attached hydrogens (tertiary/aromatic N) is 1. The van der Waals surface area contributed by atoms with Gasteiger partial charge >= 0.3 is 0 Å². The fourth-order valence-corrected chi connectivity index (χ4v) is 5.79. The summed E-state index contributed by atoms with van der Waals surface area (Å²) < 4.78 is 0. The Morgan fingerprint density at radius 3 is 2.47 bits per heavy atom. The number of primary amides is 1. The lowest BCUT2D eigenvalue weighted by Gasteiger charge is -2.30. The van der Waals surface area contributed by atoms with E-state index < -0.39 is 5.91 Å². The van der Waals surface area contributed by atoms with Gasteiger partial charge in [0.05, 0.1) is 12.1 Å². The summed E-state index contributed by atoms with van der Waals surface area (Å²) in [6, 6.07) is 9.40. The predicted octanol–water partition coefficient (Wildman–Crippen LogP) is 3.26. The van der Waals surface area contributed by atoms with E-state index in [-0.39, 0.29) is 24.2 Å². The van der Waals surface area contributed by atoms with Crippen molar-refractivity contribution in [3.05, 3.63) is 51.9 Å². The number of rotatable bonds is 6. The minimum atomic E-state index is -0.468. The number of thiophene rings is 1. The van der Waals surface area contributed by atoms with E-state index in [1.165, 1.54) is 16.2 Å². The number of fused-ring (bicyclic) bond motifs is 1. The summed E-state index contributed by atoms with van der Waals surface area (Å²) in [7, 11) is 0. The predicted molar refractivity (Wildman–Crippen MR) is 118 cm³/mol. The molecule has 0 bridgehead atoms. The van der Waals surface area contributed by atoms with Gasteiger partial charge in [0.25, 0.3) is 5.91 Å². The summed E-state index contributed by atoms with van der Waals surface area (Å²) in [5.41, 5.74) is 7.89. The molecular weight excluding hydrogens is 398 g/mol. The molecule has 1 saturated heterocycles. The normalized spacial score (nSPS) is 17.3. The fourth-order valence-electron chi connectivity index (χ4n) is 4.48. The number of nitrogens with two attached hydrogens (primary N) is 1. The Labute approximate surface area is 180 Å². The summed E-state index contributed by atoms with van der Waals surface area (Å²) in [4.78, 5) is 40.5. The van der Waals surface area contributed by atoms with Crippen LogP contribution in [0.2, 0.25) is 0 Å². The Kier molecular flexibility index (Phi) is 6.29. The highest BCUT2D eigenvalue weighted by molar-refractivity contribution is 7.17. The molecule has 0 radical (unpaired) electrons. The number of aryl methyl sites for hydroxylation is 1. The molecule has 2 amide bonds. The number of amides is 2. The van der Waals surface area contributed by atoms with E-state index in [9.17, 15) is 14.4 Å². The lowest BCUT2D eigenvalue weighted by atomic mass is 9.89. The largest absolute Gasteiger partial charge is 0.365 e. The van der Waals surface area contributed by atoms with Crippen LogP contribution in [0.4, 0.5) is 5.00 Å². The van der Waals surface area contributed by atoms with Crippen molar-refractivity contribution in [3.63, 3.8) is 0 Å². The van der Waals surface area contributed by atoms with E-state index >= 15 is 0 Å². The maximum Gasteiger partial charge on any atom is 0.251 e. The fraction of sp³-hybridized carbons (Fsp3) is 0.435. The molecule has 3 N–H and O–H groups in total. The van der Waals surface area contributed by atoms with Gasteiger partial charge in [-0.15, -0.1) is 11.3 Å². The second-order valence-corrected chi connectivity index (χ2v) is 9.21. The zero-order chi connectivity index (χ0) is 21.1. The number of ketones is 1. The van der Waals surface area contributed by atoms with Crippen LogP contribution in [0.5, 0.6) is 0 Å². The maximum atomic E-state index is 12.6. The Balaban J connectivity index is 1.33. The van der Waals surface area contributed by atoms with Crippen molar-refractivity contribution in [2.24, 2.45) is 11.7 Å². The van der Waals surface area contributed by atoms with Gasteiger partial charge in [0.1, 0.15) is 5.00 Å². The van der Waals surface area contributed by atoms with Crippen molar-refractivity contribution in [1.29, 1.82) is 0 Å². The first kappa shape index (κ1) is 20.8. The molecule has 2 heterocycles. The van der Waals surface area contributed by atoms with E-state index in [0.717, 1.165) is 49.7 Å². The second kappa shape index (κ2) is 9.10. The van der Waals surface area contributed by atoms with E-state index in [1.807, 2.05) is 30.3 Å². The van der Waals surface area contributed by atoms with Crippen molar-refractivity contribution in [1.82, 2.24) is 4.90 Å². The van der Waals surface area contributed by atoms with Gasteiger partial charge in [0.15, 0.2) is 5.78 Å². The van der Waals surface area contributed by atoms with E-state index in [4.69, 9.17) is 5.73 Å². The first-order valence-corrected chi connectivity index (χ1v) is 11.4. The molecule has 158 valence electrons. The molecule has 1 fully saturated rings. The van der Waals surface area contributed by atoms with E-state index in [1.54, 1.807) is 0 Å². The van der Waals surface area contributed by atoms with Gasteiger partial charge in [-0.25, -0.2) is 0 Å². The first-order chi connectivity index (χ1) is 14.5. The highest BCUT2D eigenvalue weighted by Crippen LogP contribution is 2.37. The Morgan fingerprint density at radius 2 is 1.77 bits per heavy atom. The number of hydrogen-bond donors (Lipinski definition) is 2. The molecule has 0 unspecified atom stereocenters. The molecule has 1 aliphatic heterocycles. The topological polar surface area (TPSA) is 92.5 Å². The highest BCUT2D eigenvalue weighted by atomic mass is 32.1. The third-order valence-electron chi connectivity index (χ3n) is 6.05. The van der Waals surface area contributed by atoms with Crippen LogP contribution in [0.3, 0.4) is 0 Å². The lowest BCUT2D eigenvalue weighted by Crippen LogP contribution is -2.40. The van der Waals surface area contributed by atoms with Gasteiger partial charge in [0, 0.05) is 16.4 Å². The van der Waals surface area contributed by atoms with Gasteiger partial charge in [-0.2, -0.15) is 0 Å². The third-order valence-corrected chi connectivity index (χ3v) is 7.26. The molecule has 2 aromatic rings. The molecule has 0 saturated carbocycles. The summed E-state index contributed by atoms with van der Waals surface area (Å²) in [5.74, 6) is -0.402. The summed E-state index contributed by atoms with van der Waals surface area (Å²) in [6.07, 6.45) is 5.45. The molecule has 1 aromatic carbocycles. The molecule has 1 aromatic heterocycles. The molecule has 0 spiro atoms. The van der Waals surface area contributed by atoms with Crippen LogP contribution in [0.1, 0.15) is 56.8 Å². The molecule has 0 atom stereocenters. The maximum absolute atomic E-state index is 12.6. The van der Waals surface area contributed by atoms with Gasteiger partial charge in [-0.3, -0.25) is 19.3 Å². The molecule has 1 aliphatic carbocycles. The molecule has 6 nitrogen and oxygen atoms in total. The number of carbonyl (C=O) groups excluding carboxylic acids is 3. The summed E-state index contributed by atoms with van der Waals surface area (Å²) in [5, 5.41) is 3.52. The molecule has 30 heavy (non-hydrogen) atoms. The van der Waals surface area contributed by atoms with Gasteiger partial charge < -0.3 is 11.1 Å². The van der Waals surface area contributed by atoms with Crippen LogP contribution in [0, 0.1) is 5.92 Å². The molecule has 4 rings (SSSR count). The standard InChI is InChI=1S/C23H27N3O3S/c24-22(29)20-17-8-4-5-9-18(17)30-23(20)25-19(27)14-26-12-10-16(11-13-26)21(28)15-6-2-1-3-7-15/h1-3,6-7,16H,4-5,8-14H2,(H2,24,29)(H,25,27). The van der Waals surface area contributed by atoms with E-state index in [0.29, 0.717) is 23.7 Å². The molecule has 2 aliphatic rings. The highest BCUT2D eigenvalue weighted by Gasteiger charge is 2.28. The average Bonchev–Trinajstić information content (AvgIpc) is 3.12. The van der Waals surface area contributed by atoms with Crippen LogP contribution in [-0.2, 0) is 17.6 Å². The molecular formula is C23H27N3O3S. The minimum Gasteiger partial charge on any atom is -0.365 e. The average molecular weight is 426 g/mol. The van der Waals surface area contributed by atoms with Crippen molar-refractivity contribution in [2.75, 3.05) is 25.0 Å². The number of likely N-dealkylation sites (tertiary alicyclic amines) is 1. The monoisotopic (exact) mass is 425 g/mol. The lowest BCUT2D eigenvalue weighted by molar-refractivity contribution is -0.117. The smallest absolute Gasteiger partial charge is 0.251 e. The quantitative estimate of drug-likeness (QED) is 0.695. The van der Waals surface area contributed by atoms with Crippen LogP contribution >= 0.6 is 11.3 Å². The zero-order valence-corrected chi connectivity index (χ0v) is 17.8. The minimum absolute atomic E-state index is 0.0113. The van der Waals surface area contributed by atoms with Gasteiger partial charge in [-0.05, 0) is 57.2 Å². The van der Waals surface area contributed by atoms with Gasteiger partial charge in [-0.1, -0.05) is 30.3 Å². The number of piperidine rings is 1. The van der Waals surface area contributed by atoms with Crippen LogP contribution in [-0.4, -0.2) is 42.1 Å². The second-order valence-electron chi connectivity index (χ2n) is 8.11. The van der Waals surface area contributed by atoms with Crippen molar-refractivity contribution in [3.8, 4) is 0 Å². The van der Waals surface area contributed by atoms with Crippen molar-refractivity contribution >= 4 is 33.9 Å². The summed E-state index contributed by atoms with van der Waals surface area (Å²) >= 11 is 1.49. The number of Topliss-reactive ketones (excluding diaryl/α,β-unsaturated/α-hetero) is 1. The van der Waals surface area contributed by atoms with Gasteiger partial charge in [0.2, 0.25) is 5.91 Å². The Bertz CT molecular complexity index is 946. The van der Waals surface area contributed by atoms with Crippen molar-refractivity contribution < 1.29 is 14.4 Å². The number of nitrogens with one attached hydrogen (secondary N) is 1. The van der Waals surface area contributed by atoms with Crippen LogP contribution < -0.4 is 11.1 Å². The van der Waals surface area contributed by atoms with Crippen molar-refractivity contribution in [2.45, 2.75) is 38.5 Å². The number of benzene rings is 1. The van der Waals surface area contributed by atoms with Crippen LogP contribution in [0.15, 0.2) is 30.3 Å². The Hall–Kier alpha value is -2.51. The first-order valence-electron chi connectivity index (χ1n) is 10.6. The third kappa shape index (κ3) is 4.47. The number of hydrogen-bond acceptors (Lipinski definition) is 5.